The fourth-order valence-corrected chi connectivity index (χ4v) is 4.26. The first-order valence-electron chi connectivity index (χ1n) is 6.53. The van der Waals surface area contributed by atoms with Crippen LogP contribution in [0, 0.1) is 5.41 Å². The monoisotopic (exact) mass is 243 g/mol. The van der Waals surface area contributed by atoms with Crippen molar-refractivity contribution in [1.29, 1.82) is 0 Å². The van der Waals surface area contributed by atoms with Crippen LogP contribution in [0.2, 0.25) is 0 Å². The molecule has 2 aliphatic rings. The second-order valence-electron chi connectivity index (χ2n) is 5.94. The minimum atomic E-state index is 0.436. The molecule has 2 saturated heterocycles. The molecule has 3 atom stereocenters. The summed E-state index contributed by atoms with van der Waals surface area (Å²) in [7, 11) is 0. The Labute approximate surface area is 104 Å². The van der Waals surface area contributed by atoms with E-state index in [2.05, 4.69) is 37.8 Å². The Morgan fingerprint density at radius 3 is 2.88 bits per heavy atom. The van der Waals surface area contributed by atoms with E-state index >= 15 is 0 Å². The van der Waals surface area contributed by atoms with Gasteiger partial charge in [0.2, 0.25) is 0 Å². The van der Waals surface area contributed by atoms with Gasteiger partial charge >= 0.3 is 0 Å². The van der Waals surface area contributed by atoms with E-state index in [4.69, 9.17) is 4.74 Å². The average molecular weight is 243 g/mol. The zero-order valence-electron chi connectivity index (χ0n) is 10.8. The molecule has 0 spiro atoms. The number of thioether (sulfide) groups is 1. The number of hydrogen-bond acceptors (Lipinski definition) is 3. The van der Waals surface area contributed by atoms with Gasteiger partial charge in [0.1, 0.15) is 0 Å². The van der Waals surface area contributed by atoms with Crippen LogP contribution in [0.15, 0.2) is 0 Å². The smallest absolute Gasteiger partial charge is 0.0561 e. The zero-order chi connectivity index (χ0) is 11.6. The molecule has 2 nitrogen and oxygen atoms in total. The van der Waals surface area contributed by atoms with Crippen LogP contribution in [0.25, 0.3) is 0 Å². The van der Waals surface area contributed by atoms with Gasteiger partial charge in [0.05, 0.1) is 6.10 Å². The summed E-state index contributed by atoms with van der Waals surface area (Å²) in [5, 5.41) is 3.88. The zero-order valence-corrected chi connectivity index (χ0v) is 11.6. The standard InChI is InChI=1S/C13H25NOS/c1-10-8-11(4-6-15-10)14-12-9-16-7-5-13(12,2)3/h10-12,14H,4-9H2,1-3H3. The fourth-order valence-electron chi connectivity index (χ4n) is 2.64. The van der Waals surface area contributed by atoms with Gasteiger partial charge in [0, 0.05) is 24.4 Å². The van der Waals surface area contributed by atoms with Gasteiger partial charge in [-0.25, -0.2) is 0 Å². The fraction of sp³-hybridized carbons (Fsp3) is 1.00. The lowest BCUT2D eigenvalue weighted by atomic mass is 9.81. The third-order valence-electron chi connectivity index (χ3n) is 4.04. The molecule has 0 aliphatic carbocycles. The van der Waals surface area contributed by atoms with E-state index in [-0.39, 0.29) is 0 Å². The van der Waals surface area contributed by atoms with Crippen molar-refractivity contribution < 1.29 is 4.74 Å². The first-order chi connectivity index (χ1) is 7.58. The van der Waals surface area contributed by atoms with E-state index in [0.29, 0.717) is 23.6 Å². The van der Waals surface area contributed by atoms with Gasteiger partial charge in [-0.05, 0) is 37.4 Å². The molecular weight excluding hydrogens is 218 g/mol. The van der Waals surface area contributed by atoms with Gasteiger partial charge in [-0.2, -0.15) is 11.8 Å². The minimum Gasteiger partial charge on any atom is -0.378 e. The van der Waals surface area contributed by atoms with Crippen molar-refractivity contribution in [1.82, 2.24) is 5.32 Å². The molecule has 0 aromatic carbocycles. The highest BCUT2D eigenvalue weighted by Gasteiger charge is 2.34. The highest BCUT2D eigenvalue weighted by atomic mass is 32.2. The third-order valence-corrected chi connectivity index (χ3v) is 5.10. The van der Waals surface area contributed by atoms with Gasteiger partial charge in [-0.15, -0.1) is 0 Å². The van der Waals surface area contributed by atoms with E-state index in [0.717, 1.165) is 6.61 Å². The molecular formula is C13H25NOS. The second kappa shape index (κ2) is 5.28. The van der Waals surface area contributed by atoms with E-state index in [1.807, 2.05) is 0 Å². The maximum atomic E-state index is 5.60. The van der Waals surface area contributed by atoms with Gasteiger partial charge in [-0.1, -0.05) is 13.8 Å². The molecule has 2 rings (SSSR count). The Morgan fingerprint density at radius 2 is 2.19 bits per heavy atom. The van der Waals surface area contributed by atoms with E-state index in [9.17, 15) is 0 Å². The van der Waals surface area contributed by atoms with Gasteiger partial charge in [0.15, 0.2) is 0 Å². The molecule has 0 bridgehead atoms. The van der Waals surface area contributed by atoms with E-state index in [1.54, 1.807) is 0 Å². The maximum absolute atomic E-state index is 5.60. The number of nitrogens with one attached hydrogen (secondary N) is 1. The molecule has 1 N–H and O–H groups in total. The van der Waals surface area contributed by atoms with Crippen molar-refractivity contribution >= 4 is 11.8 Å². The van der Waals surface area contributed by atoms with Crippen molar-refractivity contribution in [3.63, 3.8) is 0 Å². The van der Waals surface area contributed by atoms with Crippen LogP contribution in [0.3, 0.4) is 0 Å². The summed E-state index contributed by atoms with van der Waals surface area (Å²) in [6.45, 7) is 7.94. The lowest BCUT2D eigenvalue weighted by Crippen LogP contribution is -2.52. The molecule has 3 heteroatoms. The second-order valence-corrected chi connectivity index (χ2v) is 7.09. The van der Waals surface area contributed by atoms with Gasteiger partial charge in [0.25, 0.3) is 0 Å². The summed E-state index contributed by atoms with van der Waals surface area (Å²) in [5.41, 5.74) is 0.465. The molecule has 0 radical (unpaired) electrons. The molecule has 2 fully saturated rings. The summed E-state index contributed by atoms with van der Waals surface area (Å²) in [5.74, 6) is 2.61. The van der Waals surface area contributed by atoms with E-state index < -0.39 is 0 Å². The highest BCUT2D eigenvalue weighted by molar-refractivity contribution is 7.99. The molecule has 0 amide bonds. The first-order valence-corrected chi connectivity index (χ1v) is 7.69. The average Bonchev–Trinajstić information content (AvgIpc) is 2.21. The maximum Gasteiger partial charge on any atom is 0.0561 e. The quantitative estimate of drug-likeness (QED) is 0.806. The molecule has 0 aromatic rings. The van der Waals surface area contributed by atoms with Crippen molar-refractivity contribution in [2.24, 2.45) is 5.41 Å². The van der Waals surface area contributed by atoms with Gasteiger partial charge < -0.3 is 10.1 Å². The Bertz CT molecular complexity index is 232. The summed E-state index contributed by atoms with van der Waals surface area (Å²) < 4.78 is 5.60. The normalized spacial score (nSPS) is 39.6. The number of hydrogen-bond donors (Lipinski definition) is 1. The highest BCUT2D eigenvalue weighted by Crippen LogP contribution is 2.34. The SMILES string of the molecule is CC1CC(NC2CSCCC2(C)C)CCO1. The molecule has 0 saturated carbocycles. The Balaban J connectivity index is 1.87. The summed E-state index contributed by atoms with van der Waals surface area (Å²) in [6, 6.07) is 1.35. The molecule has 3 unspecified atom stereocenters. The Kier molecular flexibility index (Phi) is 4.20. The topological polar surface area (TPSA) is 21.3 Å². The van der Waals surface area contributed by atoms with Crippen LogP contribution in [0.5, 0.6) is 0 Å². The van der Waals surface area contributed by atoms with Crippen LogP contribution in [-0.4, -0.2) is 36.3 Å². The number of rotatable bonds is 2. The van der Waals surface area contributed by atoms with Crippen LogP contribution >= 0.6 is 11.8 Å². The summed E-state index contributed by atoms with van der Waals surface area (Å²) in [4.78, 5) is 0. The lowest BCUT2D eigenvalue weighted by molar-refractivity contribution is 0.00818. The molecule has 2 aliphatic heterocycles. The van der Waals surface area contributed by atoms with E-state index in [1.165, 1.54) is 30.8 Å². The predicted octanol–water partition coefficient (Wildman–Crippen LogP) is 2.68. The van der Waals surface area contributed by atoms with Crippen molar-refractivity contribution in [3.05, 3.63) is 0 Å². The molecule has 16 heavy (non-hydrogen) atoms. The Morgan fingerprint density at radius 1 is 1.38 bits per heavy atom. The molecule has 0 aromatic heterocycles. The van der Waals surface area contributed by atoms with Crippen molar-refractivity contribution in [3.8, 4) is 0 Å². The lowest BCUT2D eigenvalue weighted by Gasteiger charge is -2.42. The minimum absolute atomic E-state index is 0.436. The van der Waals surface area contributed by atoms with Gasteiger partial charge in [-0.3, -0.25) is 0 Å². The predicted molar refractivity (Wildman–Crippen MR) is 71.1 cm³/mol. The van der Waals surface area contributed by atoms with Crippen LogP contribution in [0.1, 0.15) is 40.0 Å². The first kappa shape index (κ1) is 12.7. The van der Waals surface area contributed by atoms with Crippen LogP contribution < -0.4 is 5.32 Å². The largest absolute Gasteiger partial charge is 0.378 e. The molecule has 2 heterocycles. The van der Waals surface area contributed by atoms with Crippen molar-refractivity contribution in [2.45, 2.75) is 58.2 Å². The van der Waals surface area contributed by atoms with Crippen molar-refractivity contribution in [2.75, 3.05) is 18.1 Å². The summed E-state index contributed by atoms with van der Waals surface area (Å²) >= 11 is 2.10. The third kappa shape index (κ3) is 3.14. The van der Waals surface area contributed by atoms with Crippen LogP contribution in [-0.2, 0) is 4.74 Å². The Hall–Kier alpha value is 0.270. The summed E-state index contributed by atoms with van der Waals surface area (Å²) in [6.07, 6.45) is 4.14. The van der Waals surface area contributed by atoms with Crippen LogP contribution in [0.4, 0.5) is 0 Å². The number of ether oxygens (including phenoxy) is 1. The molecule has 94 valence electrons.